The molecule has 1 N–H and O–H groups in total. The maximum absolute atomic E-state index is 13.5. The fourth-order valence-electron chi connectivity index (χ4n) is 5.08. The van der Waals surface area contributed by atoms with Crippen molar-refractivity contribution < 1.29 is 18.7 Å². The lowest BCUT2D eigenvalue weighted by molar-refractivity contribution is -0.138. The van der Waals surface area contributed by atoms with Crippen LogP contribution < -0.4 is 5.32 Å². The summed E-state index contributed by atoms with van der Waals surface area (Å²) in [7, 11) is 0. The Hall–Kier alpha value is -3.86. The zero-order valence-corrected chi connectivity index (χ0v) is 19.3. The van der Waals surface area contributed by atoms with Gasteiger partial charge in [-0.25, -0.2) is 4.79 Å². The first-order valence-electron chi connectivity index (χ1n) is 11.7. The van der Waals surface area contributed by atoms with E-state index in [1.807, 2.05) is 61.5 Å². The number of carbonyl (C=O) groups excluding carboxylic acids is 2. The maximum Gasteiger partial charge on any atom is 0.336 e. The fraction of sp³-hybridized carbons (Fsp3) is 0.241. The van der Waals surface area contributed by atoms with Crippen molar-refractivity contribution in [3.05, 3.63) is 107 Å². The van der Waals surface area contributed by atoms with Crippen LogP contribution in [-0.2, 0) is 14.3 Å². The van der Waals surface area contributed by atoms with Gasteiger partial charge < -0.3 is 14.5 Å². The first-order chi connectivity index (χ1) is 16.6. The largest absolute Gasteiger partial charge is 0.469 e. The van der Waals surface area contributed by atoms with Gasteiger partial charge in [0.05, 0.1) is 18.4 Å². The third-order valence-electron chi connectivity index (χ3n) is 6.62. The zero-order chi connectivity index (χ0) is 23.7. The van der Waals surface area contributed by atoms with Crippen LogP contribution in [0.4, 0.5) is 0 Å². The van der Waals surface area contributed by atoms with Gasteiger partial charge in [0.1, 0.15) is 5.76 Å². The first-order valence-corrected chi connectivity index (χ1v) is 11.7. The van der Waals surface area contributed by atoms with E-state index in [0.29, 0.717) is 24.0 Å². The number of carbonyl (C=O) groups is 2. The monoisotopic (exact) mass is 453 g/mol. The van der Waals surface area contributed by atoms with E-state index in [4.69, 9.17) is 9.15 Å². The van der Waals surface area contributed by atoms with Crippen LogP contribution in [0.15, 0.2) is 100.0 Å². The van der Waals surface area contributed by atoms with E-state index in [-0.39, 0.29) is 18.3 Å². The van der Waals surface area contributed by atoms with E-state index in [1.165, 1.54) is 0 Å². The highest BCUT2D eigenvalue weighted by Gasteiger charge is 2.41. The second-order valence-corrected chi connectivity index (χ2v) is 8.74. The summed E-state index contributed by atoms with van der Waals surface area (Å²) in [6.45, 7) is 3.94. The van der Waals surface area contributed by atoms with Crippen molar-refractivity contribution in [1.29, 1.82) is 0 Å². The van der Waals surface area contributed by atoms with Crippen LogP contribution >= 0.6 is 0 Å². The molecule has 0 fully saturated rings. The van der Waals surface area contributed by atoms with Crippen molar-refractivity contribution >= 4 is 11.8 Å². The number of ketones is 1. The van der Waals surface area contributed by atoms with Crippen molar-refractivity contribution in [2.45, 2.75) is 38.5 Å². The molecule has 5 nitrogen and oxygen atoms in total. The normalized spacial score (nSPS) is 20.1. The van der Waals surface area contributed by atoms with Crippen molar-refractivity contribution in [2.24, 2.45) is 0 Å². The molecule has 172 valence electrons. The molecule has 2 atom stereocenters. The van der Waals surface area contributed by atoms with Crippen LogP contribution in [0.1, 0.15) is 49.8 Å². The molecule has 34 heavy (non-hydrogen) atoms. The van der Waals surface area contributed by atoms with Gasteiger partial charge in [-0.15, -0.1) is 0 Å². The number of furan rings is 1. The minimum Gasteiger partial charge on any atom is -0.469 e. The summed E-state index contributed by atoms with van der Waals surface area (Å²) < 4.78 is 11.0. The highest BCUT2D eigenvalue weighted by atomic mass is 16.5. The lowest BCUT2D eigenvalue weighted by atomic mass is 9.72. The molecule has 5 heteroatoms. The molecular formula is C29H27NO4. The standard InChI is InChI=1S/C29H27NO4/c1-3-33-29(32)26-18(2)30-23-16-22(25-10-7-15-34-25)17-24(31)28(23)27(26)21-13-11-20(12-14-21)19-8-5-4-6-9-19/h4-15,22,27,30H,3,16-17H2,1-2H3/t22-,27-/m1/s1. The SMILES string of the molecule is CCOC(=O)C1=C(C)NC2=C(C(=O)C[C@H](c3ccco3)C2)[C@@H]1c1ccc(-c2ccccc2)cc1. The molecule has 2 aliphatic rings. The number of ether oxygens (including phenoxy) is 1. The smallest absolute Gasteiger partial charge is 0.336 e. The van der Waals surface area contributed by atoms with E-state index in [9.17, 15) is 9.59 Å². The molecule has 0 saturated carbocycles. The van der Waals surface area contributed by atoms with Crippen molar-refractivity contribution in [3.8, 4) is 11.1 Å². The lowest BCUT2D eigenvalue weighted by Gasteiger charge is -2.36. The van der Waals surface area contributed by atoms with E-state index in [1.54, 1.807) is 13.2 Å². The Kier molecular flexibility index (Phi) is 5.93. The Morgan fingerprint density at radius 3 is 2.41 bits per heavy atom. The molecule has 5 rings (SSSR count). The van der Waals surface area contributed by atoms with Gasteiger partial charge in [0.15, 0.2) is 5.78 Å². The summed E-state index contributed by atoms with van der Waals surface area (Å²) in [4.78, 5) is 26.6. The number of esters is 1. The minimum absolute atomic E-state index is 0.0215. The highest BCUT2D eigenvalue weighted by Crippen LogP contribution is 2.46. The number of hydrogen-bond donors (Lipinski definition) is 1. The maximum atomic E-state index is 13.5. The van der Waals surface area contributed by atoms with E-state index >= 15 is 0 Å². The number of dihydropyridines is 1. The topological polar surface area (TPSA) is 68.5 Å². The van der Waals surface area contributed by atoms with Crippen LogP contribution in [0.3, 0.4) is 0 Å². The Morgan fingerprint density at radius 2 is 1.74 bits per heavy atom. The predicted molar refractivity (Wildman–Crippen MR) is 130 cm³/mol. The van der Waals surface area contributed by atoms with Gasteiger partial charge in [-0.1, -0.05) is 54.6 Å². The molecule has 0 saturated heterocycles. The van der Waals surface area contributed by atoms with Crippen molar-refractivity contribution in [1.82, 2.24) is 5.32 Å². The van der Waals surface area contributed by atoms with Crippen LogP contribution in [-0.4, -0.2) is 18.4 Å². The number of Topliss-reactive ketones (excluding diaryl/α,β-unsaturated/α-hetero) is 1. The highest BCUT2D eigenvalue weighted by molar-refractivity contribution is 6.04. The second kappa shape index (κ2) is 9.18. The summed E-state index contributed by atoms with van der Waals surface area (Å²) in [6.07, 6.45) is 2.64. The number of benzene rings is 2. The molecule has 1 aliphatic carbocycles. The number of rotatable bonds is 5. The molecule has 2 heterocycles. The summed E-state index contributed by atoms with van der Waals surface area (Å²) in [5.41, 5.74) is 5.84. The van der Waals surface area contributed by atoms with Crippen LogP contribution in [0.2, 0.25) is 0 Å². The second-order valence-electron chi connectivity index (χ2n) is 8.74. The van der Waals surface area contributed by atoms with Crippen molar-refractivity contribution in [2.75, 3.05) is 6.61 Å². The third kappa shape index (κ3) is 3.98. The molecule has 0 radical (unpaired) electrons. The number of allylic oxidation sites excluding steroid dienone is 3. The molecule has 0 spiro atoms. The lowest BCUT2D eigenvalue weighted by Crippen LogP contribution is -2.36. The average Bonchev–Trinajstić information content (AvgIpc) is 3.39. The molecular weight excluding hydrogens is 426 g/mol. The van der Waals surface area contributed by atoms with E-state index < -0.39 is 11.9 Å². The van der Waals surface area contributed by atoms with Gasteiger partial charge in [0, 0.05) is 35.2 Å². The van der Waals surface area contributed by atoms with Crippen LogP contribution in [0.5, 0.6) is 0 Å². The molecule has 1 aliphatic heterocycles. The van der Waals surface area contributed by atoms with E-state index in [0.717, 1.165) is 33.8 Å². The van der Waals surface area contributed by atoms with Crippen molar-refractivity contribution in [3.63, 3.8) is 0 Å². The van der Waals surface area contributed by atoms with Crippen LogP contribution in [0.25, 0.3) is 11.1 Å². The fourth-order valence-corrected chi connectivity index (χ4v) is 5.08. The summed E-state index contributed by atoms with van der Waals surface area (Å²) in [5.74, 6) is -0.0426. The molecule has 0 bridgehead atoms. The third-order valence-corrected chi connectivity index (χ3v) is 6.62. The van der Waals surface area contributed by atoms with E-state index in [2.05, 4.69) is 17.4 Å². The Balaban J connectivity index is 1.57. The predicted octanol–water partition coefficient (Wildman–Crippen LogP) is 5.87. The summed E-state index contributed by atoms with van der Waals surface area (Å²) >= 11 is 0. The zero-order valence-electron chi connectivity index (χ0n) is 19.3. The van der Waals surface area contributed by atoms with Gasteiger partial charge in [0.25, 0.3) is 0 Å². The average molecular weight is 454 g/mol. The quantitative estimate of drug-likeness (QED) is 0.489. The van der Waals surface area contributed by atoms with Gasteiger partial charge in [-0.05, 0) is 49.1 Å². The molecule has 0 unspecified atom stereocenters. The van der Waals surface area contributed by atoms with Gasteiger partial charge >= 0.3 is 5.97 Å². The number of nitrogens with one attached hydrogen (secondary N) is 1. The minimum atomic E-state index is -0.467. The van der Waals surface area contributed by atoms with Gasteiger partial charge in [0.2, 0.25) is 0 Å². The summed E-state index contributed by atoms with van der Waals surface area (Å²) in [5, 5.41) is 3.36. The molecule has 3 aromatic rings. The van der Waals surface area contributed by atoms with Gasteiger partial charge in [-0.2, -0.15) is 0 Å². The Bertz CT molecular complexity index is 1270. The molecule has 0 amide bonds. The Labute approximate surface area is 199 Å². The summed E-state index contributed by atoms with van der Waals surface area (Å²) in [6, 6.07) is 22.0. The Morgan fingerprint density at radius 1 is 1.00 bits per heavy atom. The number of hydrogen-bond acceptors (Lipinski definition) is 5. The molecule has 2 aromatic carbocycles. The first kappa shape index (κ1) is 22.0. The van der Waals surface area contributed by atoms with Gasteiger partial charge in [-0.3, -0.25) is 4.79 Å². The molecule has 1 aromatic heterocycles. The van der Waals surface area contributed by atoms with Crippen LogP contribution in [0, 0.1) is 0 Å².